The van der Waals surface area contributed by atoms with Gasteiger partial charge in [0.25, 0.3) is 10.0 Å². The second-order valence-corrected chi connectivity index (χ2v) is 8.70. The summed E-state index contributed by atoms with van der Waals surface area (Å²) in [4.78, 5) is 12.9. The van der Waals surface area contributed by atoms with Crippen molar-refractivity contribution < 1.29 is 17.9 Å². The van der Waals surface area contributed by atoms with Crippen molar-refractivity contribution in [1.82, 2.24) is 0 Å². The second-order valence-electron chi connectivity index (χ2n) is 6.84. The molecule has 0 saturated heterocycles. The van der Waals surface area contributed by atoms with Crippen LogP contribution in [0.1, 0.15) is 5.56 Å². The summed E-state index contributed by atoms with van der Waals surface area (Å²) < 4.78 is 33.2. The van der Waals surface area contributed by atoms with Crippen LogP contribution in [0.5, 0.6) is 5.75 Å². The van der Waals surface area contributed by atoms with E-state index >= 15 is 0 Å². The van der Waals surface area contributed by atoms with Gasteiger partial charge in [-0.2, -0.15) is 0 Å². The molecule has 3 rings (SSSR count). The van der Waals surface area contributed by atoms with Crippen LogP contribution >= 0.6 is 0 Å². The number of aryl methyl sites for hydroxylation is 1. The molecule has 0 spiro atoms. The molecule has 31 heavy (non-hydrogen) atoms. The molecule has 6 nitrogen and oxygen atoms in total. The van der Waals surface area contributed by atoms with Crippen LogP contribution in [0.15, 0.2) is 96.4 Å². The van der Waals surface area contributed by atoms with E-state index in [4.69, 9.17) is 4.74 Å². The lowest BCUT2D eigenvalue weighted by Gasteiger charge is -2.24. The lowest BCUT2D eigenvalue weighted by atomic mass is 10.2. The molecule has 1 amide bonds. The van der Waals surface area contributed by atoms with Crippen molar-refractivity contribution in [2.75, 3.05) is 22.8 Å². The summed E-state index contributed by atoms with van der Waals surface area (Å²) in [5, 5.41) is 2.74. The fraction of sp³-hybridized carbons (Fsp3) is 0.125. The standard InChI is InChI=1S/C24H24N2O4S/c1-3-16-30-22-9-7-8-20(17-22)25-24(27)18-26(21-14-12-19(2)13-15-21)31(28,29)23-10-5-4-6-11-23/h3-15,17H,1,16,18H2,2H3,(H,25,27). The largest absolute Gasteiger partial charge is 0.489 e. The number of anilines is 2. The van der Waals surface area contributed by atoms with Crippen molar-refractivity contribution in [3.63, 3.8) is 0 Å². The lowest BCUT2D eigenvalue weighted by Crippen LogP contribution is -2.38. The monoisotopic (exact) mass is 436 g/mol. The fourth-order valence-electron chi connectivity index (χ4n) is 2.90. The number of sulfonamides is 1. The molecule has 0 atom stereocenters. The molecule has 3 aromatic carbocycles. The topological polar surface area (TPSA) is 75.7 Å². The van der Waals surface area contributed by atoms with Gasteiger partial charge in [0.1, 0.15) is 18.9 Å². The Labute approximate surface area is 182 Å². The van der Waals surface area contributed by atoms with Crippen molar-refractivity contribution in [3.8, 4) is 5.75 Å². The molecule has 0 fully saturated rings. The van der Waals surface area contributed by atoms with Crippen molar-refractivity contribution in [2.24, 2.45) is 0 Å². The van der Waals surface area contributed by atoms with Crippen LogP contribution in [-0.4, -0.2) is 27.5 Å². The van der Waals surface area contributed by atoms with Crippen LogP contribution in [0.25, 0.3) is 0 Å². The zero-order valence-corrected chi connectivity index (χ0v) is 18.0. The van der Waals surface area contributed by atoms with Crippen LogP contribution in [0, 0.1) is 6.92 Å². The summed E-state index contributed by atoms with van der Waals surface area (Å²) in [5.41, 5.74) is 1.90. The van der Waals surface area contributed by atoms with Gasteiger partial charge in [-0.05, 0) is 43.3 Å². The number of carbonyl (C=O) groups is 1. The van der Waals surface area contributed by atoms with E-state index in [0.29, 0.717) is 23.7 Å². The third-order valence-corrected chi connectivity index (χ3v) is 6.21. The van der Waals surface area contributed by atoms with Gasteiger partial charge < -0.3 is 10.1 Å². The van der Waals surface area contributed by atoms with Gasteiger partial charge in [0.05, 0.1) is 10.6 Å². The van der Waals surface area contributed by atoms with E-state index in [1.165, 1.54) is 12.1 Å². The molecule has 0 unspecified atom stereocenters. The zero-order chi connectivity index (χ0) is 22.3. The van der Waals surface area contributed by atoms with E-state index in [2.05, 4.69) is 11.9 Å². The van der Waals surface area contributed by atoms with Gasteiger partial charge in [-0.15, -0.1) is 0 Å². The molecule has 0 aromatic heterocycles. The lowest BCUT2D eigenvalue weighted by molar-refractivity contribution is -0.114. The molecule has 0 bridgehead atoms. The average molecular weight is 437 g/mol. The average Bonchev–Trinajstić information content (AvgIpc) is 2.77. The van der Waals surface area contributed by atoms with Crippen LogP contribution in [0.3, 0.4) is 0 Å². The molecule has 0 aliphatic carbocycles. The summed E-state index contributed by atoms with van der Waals surface area (Å²) in [6.07, 6.45) is 1.62. The number of hydrogen-bond acceptors (Lipinski definition) is 4. The first-order valence-corrected chi connectivity index (χ1v) is 11.1. The first-order valence-electron chi connectivity index (χ1n) is 9.68. The molecule has 0 saturated carbocycles. The molecule has 1 N–H and O–H groups in total. The first-order chi connectivity index (χ1) is 14.9. The SMILES string of the molecule is C=CCOc1cccc(NC(=O)CN(c2ccc(C)cc2)S(=O)(=O)c2ccccc2)c1. The minimum atomic E-state index is -3.94. The number of nitrogens with zero attached hydrogens (tertiary/aromatic N) is 1. The maximum atomic E-state index is 13.3. The summed E-state index contributed by atoms with van der Waals surface area (Å²) in [5.74, 6) is 0.103. The van der Waals surface area contributed by atoms with Crippen LogP contribution in [0.2, 0.25) is 0 Å². The maximum absolute atomic E-state index is 13.3. The van der Waals surface area contributed by atoms with E-state index < -0.39 is 15.9 Å². The van der Waals surface area contributed by atoms with Crippen LogP contribution < -0.4 is 14.4 Å². The van der Waals surface area contributed by atoms with Gasteiger partial charge >= 0.3 is 0 Å². The van der Waals surface area contributed by atoms with Crippen LogP contribution in [0.4, 0.5) is 11.4 Å². The summed E-state index contributed by atoms with van der Waals surface area (Å²) >= 11 is 0. The van der Waals surface area contributed by atoms with Gasteiger partial charge in [-0.1, -0.05) is 54.6 Å². The molecule has 7 heteroatoms. The number of ether oxygens (including phenoxy) is 1. The number of carbonyl (C=O) groups excluding carboxylic acids is 1. The van der Waals surface area contributed by atoms with E-state index in [1.807, 2.05) is 6.92 Å². The van der Waals surface area contributed by atoms with Gasteiger partial charge in [-0.25, -0.2) is 8.42 Å². The Morgan fingerprint density at radius 1 is 1.03 bits per heavy atom. The number of benzene rings is 3. The predicted octanol–water partition coefficient (Wildman–Crippen LogP) is 4.39. The predicted molar refractivity (Wildman–Crippen MR) is 123 cm³/mol. The molecule has 0 aliphatic heterocycles. The number of hydrogen-bond donors (Lipinski definition) is 1. The molecule has 0 heterocycles. The van der Waals surface area contributed by atoms with E-state index in [1.54, 1.807) is 72.8 Å². The number of amides is 1. The summed E-state index contributed by atoms with van der Waals surface area (Å²) in [6, 6.07) is 21.9. The quantitative estimate of drug-likeness (QED) is 0.505. The number of nitrogens with one attached hydrogen (secondary N) is 1. The zero-order valence-electron chi connectivity index (χ0n) is 17.2. The molecular formula is C24H24N2O4S. The highest BCUT2D eigenvalue weighted by atomic mass is 32.2. The third-order valence-electron chi connectivity index (χ3n) is 4.43. The van der Waals surface area contributed by atoms with Gasteiger partial charge in [-0.3, -0.25) is 9.10 Å². The fourth-order valence-corrected chi connectivity index (χ4v) is 4.34. The third kappa shape index (κ3) is 5.73. The molecular weight excluding hydrogens is 412 g/mol. The van der Waals surface area contributed by atoms with Gasteiger partial charge in [0.15, 0.2) is 0 Å². The maximum Gasteiger partial charge on any atom is 0.264 e. The van der Waals surface area contributed by atoms with Crippen molar-refractivity contribution >= 4 is 27.3 Å². The van der Waals surface area contributed by atoms with E-state index in [0.717, 1.165) is 9.87 Å². The number of rotatable bonds is 9. The minimum absolute atomic E-state index is 0.114. The molecule has 160 valence electrons. The Morgan fingerprint density at radius 2 is 1.74 bits per heavy atom. The molecule has 3 aromatic rings. The van der Waals surface area contributed by atoms with Gasteiger partial charge in [0.2, 0.25) is 5.91 Å². The van der Waals surface area contributed by atoms with E-state index in [-0.39, 0.29) is 11.4 Å². The van der Waals surface area contributed by atoms with Crippen molar-refractivity contribution in [1.29, 1.82) is 0 Å². The van der Waals surface area contributed by atoms with Crippen LogP contribution in [-0.2, 0) is 14.8 Å². The van der Waals surface area contributed by atoms with Gasteiger partial charge in [0, 0.05) is 11.8 Å². The minimum Gasteiger partial charge on any atom is -0.489 e. The Hall–Kier alpha value is -3.58. The Balaban J connectivity index is 1.86. The summed E-state index contributed by atoms with van der Waals surface area (Å²) in [6.45, 7) is 5.48. The Bertz CT molecular complexity index is 1140. The van der Waals surface area contributed by atoms with Crippen molar-refractivity contribution in [3.05, 3.63) is 97.1 Å². The molecule has 0 radical (unpaired) electrons. The van der Waals surface area contributed by atoms with E-state index in [9.17, 15) is 13.2 Å². The Morgan fingerprint density at radius 3 is 2.42 bits per heavy atom. The van der Waals surface area contributed by atoms with Crippen molar-refractivity contribution in [2.45, 2.75) is 11.8 Å². The first kappa shape index (κ1) is 22.1. The molecule has 0 aliphatic rings. The second kappa shape index (κ2) is 9.95. The highest BCUT2D eigenvalue weighted by molar-refractivity contribution is 7.92. The normalized spacial score (nSPS) is 10.9. The summed E-state index contributed by atoms with van der Waals surface area (Å²) in [7, 11) is -3.94. The highest BCUT2D eigenvalue weighted by Gasteiger charge is 2.27. The highest BCUT2D eigenvalue weighted by Crippen LogP contribution is 2.24. The smallest absolute Gasteiger partial charge is 0.264 e. The Kier molecular flexibility index (Phi) is 7.10.